The lowest BCUT2D eigenvalue weighted by molar-refractivity contribution is -0.666. The van der Waals surface area contributed by atoms with E-state index in [-0.39, 0.29) is 17.6 Å². The van der Waals surface area contributed by atoms with Crippen LogP contribution in [-0.2, 0) is 7.05 Å². The summed E-state index contributed by atoms with van der Waals surface area (Å²) in [6, 6.07) is 17.0. The Bertz CT molecular complexity index is 1830. The molecule has 2 aromatic heterocycles. The first-order valence-corrected chi connectivity index (χ1v) is 10.7. The molecule has 0 aliphatic carbocycles. The molecule has 0 aliphatic rings. The molecule has 1 atom stereocenters. The fourth-order valence-corrected chi connectivity index (χ4v) is 4.33. The summed E-state index contributed by atoms with van der Waals surface area (Å²) in [5, 5.41) is 1.51. The lowest BCUT2D eigenvalue weighted by Crippen LogP contribution is -2.35. The van der Waals surface area contributed by atoms with Crippen LogP contribution < -0.4 is 4.57 Å². The third kappa shape index (κ3) is 3.31. The van der Waals surface area contributed by atoms with Gasteiger partial charge in [0.2, 0.25) is 11.4 Å². The molecule has 0 saturated carbocycles. The van der Waals surface area contributed by atoms with Crippen LogP contribution in [0.4, 0.5) is 5.69 Å². The van der Waals surface area contributed by atoms with Crippen molar-refractivity contribution in [3.05, 3.63) is 94.9 Å². The lowest BCUT2D eigenvalue weighted by Gasteiger charge is -2.11. The van der Waals surface area contributed by atoms with Crippen LogP contribution >= 0.6 is 0 Å². The Morgan fingerprint density at radius 2 is 1.76 bits per heavy atom. The molecule has 0 spiro atoms. The van der Waals surface area contributed by atoms with E-state index in [4.69, 9.17) is 19.2 Å². The molecule has 3 heteroatoms. The van der Waals surface area contributed by atoms with Crippen LogP contribution in [0.25, 0.3) is 49.2 Å². The second-order valence-corrected chi connectivity index (χ2v) is 8.30. The summed E-state index contributed by atoms with van der Waals surface area (Å²) in [5.41, 5.74) is 4.91. The monoisotopic (exact) mass is 437 g/mol. The maximum Gasteiger partial charge on any atom is 0.237 e. The Morgan fingerprint density at radius 3 is 2.48 bits per heavy atom. The molecule has 5 rings (SSSR count). The molecule has 0 amide bonds. The highest BCUT2D eigenvalue weighted by Crippen LogP contribution is 2.44. The van der Waals surface area contributed by atoms with Crippen LogP contribution in [-0.4, -0.2) is 0 Å². The number of furan rings is 1. The molecule has 0 fully saturated rings. The highest BCUT2D eigenvalue weighted by atomic mass is 16.3. The summed E-state index contributed by atoms with van der Waals surface area (Å²) in [6.07, 6.45) is 0. The maximum atomic E-state index is 9.13. The van der Waals surface area contributed by atoms with Crippen molar-refractivity contribution in [2.45, 2.75) is 33.5 Å². The zero-order chi connectivity index (χ0) is 28.4. The van der Waals surface area contributed by atoms with E-state index in [1.807, 2.05) is 61.5 Å². The Hall–Kier alpha value is -3.90. The zero-order valence-corrected chi connectivity index (χ0v) is 19.0. The molecular weight excluding hydrogens is 404 g/mol. The molecular formula is C30H27N2O+. The van der Waals surface area contributed by atoms with Gasteiger partial charge in [-0.05, 0) is 35.1 Å². The number of benzene rings is 3. The second kappa shape index (κ2) is 7.90. The van der Waals surface area contributed by atoms with Gasteiger partial charge in [0.05, 0.1) is 14.9 Å². The van der Waals surface area contributed by atoms with E-state index >= 15 is 0 Å². The smallest absolute Gasteiger partial charge is 0.237 e. The highest BCUT2D eigenvalue weighted by Gasteiger charge is 2.24. The van der Waals surface area contributed by atoms with E-state index < -0.39 is 12.7 Å². The highest BCUT2D eigenvalue weighted by molar-refractivity contribution is 6.14. The number of rotatable bonds is 3. The van der Waals surface area contributed by atoms with Crippen LogP contribution in [0.3, 0.4) is 0 Å². The Morgan fingerprint density at radius 1 is 1.03 bits per heavy atom. The molecule has 3 nitrogen and oxygen atoms in total. The molecule has 0 saturated heterocycles. The SMILES string of the molecule is [2H]c1c(C([2H])(C)C([2H])([2H])[2H])c([2H])c(-c2c(C)ccc3c2oc2c([N+]#[C-])c(-c4ccccc4)ccc23)[n+](C)c1C. The predicted octanol–water partition coefficient (Wildman–Crippen LogP) is 8.04. The topological polar surface area (TPSA) is 21.4 Å². The average Bonchev–Trinajstić information content (AvgIpc) is 3.26. The summed E-state index contributed by atoms with van der Waals surface area (Å²) in [7, 11) is 1.72. The molecule has 3 aromatic carbocycles. The fourth-order valence-electron chi connectivity index (χ4n) is 4.33. The summed E-state index contributed by atoms with van der Waals surface area (Å²) in [6.45, 7) is 10.0. The average molecular weight is 438 g/mol. The summed E-state index contributed by atoms with van der Waals surface area (Å²) < 4.78 is 58.6. The molecule has 162 valence electrons. The molecule has 0 N–H and O–H groups in total. The molecule has 33 heavy (non-hydrogen) atoms. The summed E-state index contributed by atoms with van der Waals surface area (Å²) in [5.74, 6) is -2.17. The first kappa shape index (κ1) is 15.0. The molecule has 5 aromatic rings. The maximum absolute atomic E-state index is 9.13. The van der Waals surface area contributed by atoms with Crippen molar-refractivity contribution >= 4 is 27.6 Å². The zero-order valence-electron chi connectivity index (χ0n) is 25.0. The van der Waals surface area contributed by atoms with E-state index in [0.29, 0.717) is 33.8 Å². The number of pyridine rings is 1. The number of hydrogen-bond acceptors (Lipinski definition) is 1. The van der Waals surface area contributed by atoms with E-state index in [9.17, 15) is 0 Å². The van der Waals surface area contributed by atoms with Gasteiger partial charge in [-0.15, -0.1) is 0 Å². The number of aryl methyl sites for hydroxylation is 1. The van der Waals surface area contributed by atoms with Crippen LogP contribution in [0.2, 0.25) is 0 Å². The van der Waals surface area contributed by atoms with Crippen molar-refractivity contribution < 1.29 is 17.2 Å². The third-order valence-electron chi connectivity index (χ3n) is 6.19. The van der Waals surface area contributed by atoms with E-state index in [1.165, 1.54) is 6.92 Å². The van der Waals surface area contributed by atoms with Gasteiger partial charge in [-0.1, -0.05) is 68.4 Å². The number of aromatic nitrogens is 1. The minimum atomic E-state index is -2.75. The van der Waals surface area contributed by atoms with Crippen molar-refractivity contribution in [1.82, 2.24) is 0 Å². The molecule has 0 aliphatic heterocycles. The minimum absolute atomic E-state index is 0.142. The van der Waals surface area contributed by atoms with Crippen LogP contribution in [0.1, 0.15) is 44.7 Å². The Balaban J connectivity index is 1.90. The lowest BCUT2D eigenvalue weighted by atomic mass is 9.96. The molecule has 2 heterocycles. The largest absolute Gasteiger partial charge is 0.466 e. The van der Waals surface area contributed by atoms with Crippen LogP contribution in [0.15, 0.2) is 71.1 Å². The standard InChI is InChI=1S/C30H27N2O/c1-18(2)22-16-20(4)32(6)26(17-22)27-19(3)12-13-24-25-15-14-23(21-10-8-7-9-11-21)28(31-5)30(25)33-29(24)27/h7-18H,1-4,6H3/q+1/i1D3,16D,17D,18D. The van der Waals surface area contributed by atoms with Crippen molar-refractivity contribution in [3.8, 4) is 22.4 Å². The summed E-state index contributed by atoms with van der Waals surface area (Å²) in [4.78, 5) is 3.83. The summed E-state index contributed by atoms with van der Waals surface area (Å²) >= 11 is 0. The van der Waals surface area contributed by atoms with Crippen molar-refractivity contribution in [1.29, 1.82) is 0 Å². The Kier molecular flexibility index (Phi) is 3.60. The van der Waals surface area contributed by atoms with Gasteiger partial charge in [-0.25, -0.2) is 4.85 Å². The van der Waals surface area contributed by atoms with Crippen LogP contribution in [0, 0.1) is 20.4 Å². The number of hydrogen-bond donors (Lipinski definition) is 0. The van der Waals surface area contributed by atoms with Crippen molar-refractivity contribution in [2.24, 2.45) is 7.05 Å². The van der Waals surface area contributed by atoms with E-state index in [2.05, 4.69) is 4.85 Å². The third-order valence-corrected chi connectivity index (χ3v) is 6.19. The fraction of sp³-hybridized carbons (Fsp3) is 0.200. The van der Waals surface area contributed by atoms with Gasteiger partial charge in [0.25, 0.3) is 0 Å². The molecule has 1 unspecified atom stereocenters. The van der Waals surface area contributed by atoms with E-state index in [1.54, 1.807) is 18.5 Å². The first-order valence-electron chi connectivity index (χ1n) is 13.7. The van der Waals surface area contributed by atoms with Gasteiger partial charge in [0, 0.05) is 35.3 Å². The number of fused-ring (bicyclic) bond motifs is 3. The number of nitrogens with zero attached hydrogens (tertiary/aromatic N) is 2. The Labute approximate surface area is 203 Å². The molecule has 0 radical (unpaired) electrons. The van der Waals surface area contributed by atoms with Gasteiger partial charge in [-0.2, -0.15) is 4.57 Å². The second-order valence-electron chi connectivity index (χ2n) is 8.30. The minimum Gasteiger partial charge on any atom is -0.466 e. The van der Waals surface area contributed by atoms with Crippen molar-refractivity contribution in [3.63, 3.8) is 0 Å². The van der Waals surface area contributed by atoms with Gasteiger partial charge >= 0.3 is 0 Å². The quantitative estimate of drug-likeness (QED) is 0.207. The normalized spacial score (nSPS) is 16.2. The van der Waals surface area contributed by atoms with E-state index in [0.717, 1.165) is 27.5 Å². The molecule has 0 bridgehead atoms. The van der Waals surface area contributed by atoms with Crippen molar-refractivity contribution in [2.75, 3.05) is 0 Å². The van der Waals surface area contributed by atoms with Gasteiger partial charge in [0.15, 0.2) is 5.69 Å². The predicted molar refractivity (Wildman–Crippen MR) is 136 cm³/mol. The first-order chi connectivity index (χ1) is 18.3. The van der Waals surface area contributed by atoms with Gasteiger partial charge in [0.1, 0.15) is 18.2 Å². The van der Waals surface area contributed by atoms with Gasteiger partial charge < -0.3 is 4.42 Å². The van der Waals surface area contributed by atoms with Crippen LogP contribution in [0.5, 0.6) is 0 Å². The van der Waals surface area contributed by atoms with Gasteiger partial charge in [-0.3, -0.25) is 0 Å².